The number of para-hydroxylation sites is 1. The Morgan fingerprint density at radius 3 is 2.53 bits per heavy atom. The molecule has 1 amide bonds. The number of rotatable bonds is 6. The van der Waals surface area contributed by atoms with E-state index in [1.54, 1.807) is 4.57 Å². The number of benzene rings is 2. The molecule has 0 unspecified atom stereocenters. The Balaban J connectivity index is 2.06. The molecule has 3 aromatic rings. The minimum atomic E-state index is -3.57. The second kappa shape index (κ2) is 8.83. The average molecular weight is 444 g/mol. The zero-order valence-corrected chi connectivity index (χ0v) is 18.5. The van der Waals surface area contributed by atoms with Gasteiger partial charge in [0, 0.05) is 19.7 Å². The largest absolute Gasteiger partial charge is 0.492 e. The molecule has 3 rings (SSSR count). The summed E-state index contributed by atoms with van der Waals surface area (Å²) in [6.45, 7) is 2.63. The summed E-state index contributed by atoms with van der Waals surface area (Å²) >= 11 is 1.34. The molecule has 0 spiro atoms. The third-order valence-corrected chi connectivity index (χ3v) is 7.16. The molecule has 0 radical (unpaired) electrons. The Morgan fingerprint density at radius 1 is 1.23 bits per heavy atom. The Kier molecular flexibility index (Phi) is 6.41. The quantitative estimate of drug-likeness (QED) is 0.549. The molecular formula is C21H21N3O4S2. The van der Waals surface area contributed by atoms with Crippen molar-refractivity contribution in [3.05, 3.63) is 52.8 Å². The average Bonchev–Trinajstić information content (AvgIpc) is 3.06. The highest BCUT2D eigenvalue weighted by atomic mass is 32.2. The Labute approximate surface area is 179 Å². The van der Waals surface area contributed by atoms with Crippen molar-refractivity contribution in [2.45, 2.75) is 18.4 Å². The van der Waals surface area contributed by atoms with Crippen LogP contribution in [0.2, 0.25) is 0 Å². The van der Waals surface area contributed by atoms with E-state index in [1.165, 1.54) is 49.7 Å². The van der Waals surface area contributed by atoms with Crippen LogP contribution in [-0.4, -0.2) is 43.9 Å². The number of hydrogen-bond donors (Lipinski definition) is 0. The maximum absolute atomic E-state index is 12.7. The van der Waals surface area contributed by atoms with Gasteiger partial charge in [-0.3, -0.25) is 4.79 Å². The predicted molar refractivity (Wildman–Crippen MR) is 117 cm³/mol. The van der Waals surface area contributed by atoms with Gasteiger partial charge < -0.3 is 9.30 Å². The molecule has 0 saturated carbocycles. The monoisotopic (exact) mass is 443 g/mol. The maximum atomic E-state index is 12.7. The van der Waals surface area contributed by atoms with Gasteiger partial charge in [-0.05, 0) is 43.3 Å². The number of hydrogen-bond acceptors (Lipinski definition) is 5. The number of sulfonamides is 1. The third-order valence-electron chi connectivity index (χ3n) is 4.29. The lowest BCUT2D eigenvalue weighted by Crippen LogP contribution is -2.22. The second-order valence-corrected chi connectivity index (χ2v) is 9.60. The van der Waals surface area contributed by atoms with E-state index in [0.717, 1.165) is 14.5 Å². The molecule has 30 heavy (non-hydrogen) atoms. The fraction of sp³-hybridized carbons (Fsp3) is 0.238. The summed E-state index contributed by atoms with van der Waals surface area (Å²) in [5, 5.41) is 0. The number of amides is 1. The summed E-state index contributed by atoms with van der Waals surface area (Å²) in [5.41, 5.74) is 1.07. The maximum Gasteiger partial charge on any atom is 0.279 e. The van der Waals surface area contributed by atoms with Crippen LogP contribution in [0.1, 0.15) is 17.3 Å². The van der Waals surface area contributed by atoms with Crippen molar-refractivity contribution >= 4 is 37.5 Å². The first kappa shape index (κ1) is 21.8. The zero-order valence-electron chi connectivity index (χ0n) is 16.8. The van der Waals surface area contributed by atoms with Gasteiger partial charge >= 0.3 is 0 Å². The van der Waals surface area contributed by atoms with Gasteiger partial charge in [-0.15, -0.1) is 6.42 Å². The van der Waals surface area contributed by atoms with E-state index >= 15 is 0 Å². The van der Waals surface area contributed by atoms with Gasteiger partial charge in [0.15, 0.2) is 4.80 Å². The fourth-order valence-electron chi connectivity index (χ4n) is 2.82. The zero-order chi connectivity index (χ0) is 21.9. The van der Waals surface area contributed by atoms with E-state index in [0.29, 0.717) is 17.2 Å². The normalized spacial score (nSPS) is 12.3. The van der Waals surface area contributed by atoms with Crippen LogP contribution in [0.25, 0.3) is 10.2 Å². The predicted octanol–water partition coefficient (Wildman–Crippen LogP) is 2.73. The molecule has 0 aliphatic carbocycles. The molecule has 156 valence electrons. The number of carbonyl (C=O) groups excluding carboxylic acids is 1. The van der Waals surface area contributed by atoms with Gasteiger partial charge in [-0.1, -0.05) is 23.3 Å². The topological polar surface area (TPSA) is 81.0 Å². The molecule has 0 bridgehead atoms. The van der Waals surface area contributed by atoms with Crippen molar-refractivity contribution in [1.82, 2.24) is 8.87 Å². The minimum absolute atomic E-state index is 0.106. The van der Waals surface area contributed by atoms with Gasteiger partial charge in [0.25, 0.3) is 5.91 Å². The number of ether oxygens (including phenoxy) is 1. The van der Waals surface area contributed by atoms with Crippen molar-refractivity contribution in [3.63, 3.8) is 0 Å². The molecule has 0 fully saturated rings. The first-order chi connectivity index (χ1) is 14.3. The minimum Gasteiger partial charge on any atom is -0.492 e. The lowest BCUT2D eigenvalue weighted by Gasteiger charge is -2.11. The Hall–Kier alpha value is -2.93. The van der Waals surface area contributed by atoms with E-state index in [4.69, 9.17) is 11.2 Å². The van der Waals surface area contributed by atoms with Crippen LogP contribution in [0.3, 0.4) is 0 Å². The number of aromatic nitrogens is 1. The first-order valence-electron chi connectivity index (χ1n) is 9.10. The van der Waals surface area contributed by atoms with Gasteiger partial charge in [0.1, 0.15) is 11.3 Å². The molecule has 1 aromatic heterocycles. The van der Waals surface area contributed by atoms with Gasteiger partial charge in [-0.25, -0.2) is 12.7 Å². The van der Waals surface area contributed by atoms with Crippen LogP contribution in [0, 0.1) is 12.3 Å². The lowest BCUT2D eigenvalue weighted by atomic mass is 10.2. The summed E-state index contributed by atoms with van der Waals surface area (Å²) in [4.78, 5) is 17.5. The molecule has 1 heterocycles. The van der Waals surface area contributed by atoms with Crippen molar-refractivity contribution in [3.8, 4) is 18.1 Å². The Morgan fingerprint density at radius 2 is 1.93 bits per heavy atom. The van der Waals surface area contributed by atoms with E-state index < -0.39 is 15.9 Å². The van der Waals surface area contributed by atoms with Crippen molar-refractivity contribution in [2.24, 2.45) is 4.99 Å². The highest BCUT2D eigenvalue weighted by molar-refractivity contribution is 7.89. The van der Waals surface area contributed by atoms with Crippen molar-refractivity contribution in [1.29, 1.82) is 0 Å². The Bertz CT molecular complexity index is 1290. The third kappa shape index (κ3) is 4.16. The van der Waals surface area contributed by atoms with Crippen molar-refractivity contribution in [2.75, 3.05) is 20.7 Å². The molecule has 0 atom stereocenters. The highest BCUT2D eigenvalue weighted by Gasteiger charge is 2.18. The van der Waals surface area contributed by atoms with E-state index in [1.807, 2.05) is 25.1 Å². The smallest absolute Gasteiger partial charge is 0.279 e. The van der Waals surface area contributed by atoms with E-state index in [9.17, 15) is 13.2 Å². The van der Waals surface area contributed by atoms with Crippen LogP contribution >= 0.6 is 11.3 Å². The van der Waals surface area contributed by atoms with Crippen LogP contribution < -0.4 is 9.54 Å². The van der Waals surface area contributed by atoms with Crippen LogP contribution in [0.4, 0.5) is 0 Å². The van der Waals surface area contributed by atoms with Gasteiger partial charge in [-0.2, -0.15) is 4.99 Å². The lowest BCUT2D eigenvalue weighted by molar-refractivity contribution is 0.0997. The van der Waals surface area contributed by atoms with E-state index in [-0.39, 0.29) is 17.0 Å². The molecule has 0 saturated heterocycles. The van der Waals surface area contributed by atoms with E-state index in [2.05, 4.69) is 10.9 Å². The molecule has 0 N–H and O–H groups in total. The summed E-state index contributed by atoms with van der Waals surface area (Å²) in [5.74, 6) is 2.78. The number of terminal acetylenes is 1. The molecule has 2 aromatic carbocycles. The standard InChI is InChI=1S/C21H21N3O4S2/c1-5-14-24-19-17(28-6-2)8-7-9-18(19)29-21(24)22-20(25)15-10-12-16(13-11-15)30(26,27)23(3)4/h1,7-13H,6,14H2,2-4H3. The van der Waals surface area contributed by atoms with Gasteiger partial charge in [0.05, 0.1) is 22.7 Å². The molecule has 7 nitrogen and oxygen atoms in total. The van der Waals surface area contributed by atoms with Gasteiger partial charge in [0.2, 0.25) is 10.0 Å². The summed E-state index contributed by atoms with van der Waals surface area (Å²) in [6.07, 6.45) is 5.53. The fourth-order valence-corrected chi connectivity index (χ4v) is 4.77. The van der Waals surface area contributed by atoms with Crippen LogP contribution in [0.5, 0.6) is 5.75 Å². The number of thiazole rings is 1. The number of fused-ring (bicyclic) bond motifs is 1. The first-order valence-corrected chi connectivity index (χ1v) is 11.4. The molecule has 0 aliphatic rings. The summed E-state index contributed by atoms with van der Waals surface area (Å²) in [6, 6.07) is 11.3. The number of nitrogens with zero attached hydrogens (tertiary/aromatic N) is 3. The number of carbonyl (C=O) groups is 1. The van der Waals surface area contributed by atoms with Crippen LogP contribution in [-0.2, 0) is 16.6 Å². The summed E-state index contributed by atoms with van der Waals surface area (Å²) in [7, 11) is -0.666. The van der Waals surface area contributed by atoms with Crippen molar-refractivity contribution < 1.29 is 17.9 Å². The second-order valence-electron chi connectivity index (χ2n) is 6.44. The molecular weight excluding hydrogens is 422 g/mol. The van der Waals surface area contributed by atoms with Crippen LogP contribution in [0.15, 0.2) is 52.4 Å². The molecule has 0 aliphatic heterocycles. The SMILES string of the molecule is C#CCn1c(=NC(=O)c2ccc(S(=O)(=O)N(C)C)cc2)sc2cccc(OCC)c21. The summed E-state index contributed by atoms with van der Waals surface area (Å²) < 4.78 is 33.9. The highest BCUT2D eigenvalue weighted by Crippen LogP contribution is 2.27. The molecule has 9 heteroatoms.